The number of hydrogen-bond acceptors (Lipinski definition) is 0. The number of halogens is 2. The molecule has 0 aliphatic heterocycles. The quantitative estimate of drug-likeness (QED) is 0.321. The van der Waals surface area contributed by atoms with Crippen LogP contribution >= 0.6 is 10.1 Å². The van der Waals surface area contributed by atoms with Crippen molar-refractivity contribution in [3.63, 3.8) is 0 Å². The minimum absolute atomic E-state index is 0. The average molecular weight is 174 g/mol. The Morgan fingerprint density at radius 2 is 1.25 bits per heavy atom. The molecule has 0 rings (SSSR count). The smallest absolute Gasteiger partial charge is 1.00 e. The van der Waals surface area contributed by atoms with E-state index in [0.717, 1.165) is 0 Å². The summed E-state index contributed by atoms with van der Waals surface area (Å²) in [7, 11) is 4.20. The van der Waals surface area contributed by atoms with Crippen molar-refractivity contribution in [2.75, 3.05) is 0 Å². The first kappa shape index (κ1) is 15.9. The minimum atomic E-state index is 0. The third kappa shape index (κ3) is 8.83. The maximum Gasteiger partial charge on any atom is 1.00 e. The van der Waals surface area contributed by atoms with Gasteiger partial charge in [-0.05, 0) is 0 Å². The van der Waals surface area contributed by atoms with Crippen LogP contribution in [0.1, 0.15) is 0 Å². The van der Waals surface area contributed by atoms with Crippen LogP contribution in [0, 0.1) is 0 Å². The summed E-state index contributed by atoms with van der Waals surface area (Å²) < 4.78 is 0. The zero-order valence-electron chi connectivity index (χ0n) is 2.06. The van der Waals surface area contributed by atoms with Crippen molar-refractivity contribution in [1.82, 2.24) is 0 Å². The van der Waals surface area contributed by atoms with E-state index in [0.29, 0.717) is 0 Å². The van der Waals surface area contributed by atoms with Gasteiger partial charge in [-0.2, -0.15) is 0 Å². The summed E-state index contributed by atoms with van der Waals surface area (Å²) >= 11 is 3.66. The molecule has 0 unspecified atom stereocenters. The van der Waals surface area contributed by atoms with Gasteiger partial charge in [0, 0.05) is 0 Å². The molecule has 0 N–H and O–H groups in total. The molecule has 0 atom stereocenters. The van der Waals surface area contributed by atoms with E-state index in [1.165, 1.54) is 0 Å². The first-order valence-electron chi connectivity index (χ1n) is 0.114. The van der Waals surface area contributed by atoms with Gasteiger partial charge in [0.05, 0.1) is 0 Å². The maximum atomic E-state index is 4.20. The second-order valence-electron chi connectivity index (χ2n) is 0. The van der Waals surface area contributed by atoms with Gasteiger partial charge in [0.25, 0.3) is 0 Å². The molecule has 0 radical (unpaired) electrons. The Bertz CT molecular complexity index is 6.00. The normalized spacial score (nSPS) is 1.75. The molecule has 0 amide bonds. The van der Waals surface area contributed by atoms with Crippen molar-refractivity contribution in [3.8, 4) is 0 Å². The van der Waals surface area contributed by atoms with Gasteiger partial charge in [0.1, 0.15) is 0 Å². The monoisotopic (exact) mass is 172 g/mol. The van der Waals surface area contributed by atoms with E-state index >= 15 is 0 Å². The summed E-state index contributed by atoms with van der Waals surface area (Å²) in [6.45, 7) is 0. The first-order valence-corrected chi connectivity index (χ1v) is 1.41. The molecular weight excluding hydrogens is 174 g/mol. The Morgan fingerprint density at radius 1 is 1.25 bits per heavy atom. The molecule has 4 heteroatoms. The van der Waals surface area contributed by atoms with E-state index in [-0.39, 0.29) is 63.8 Å². The Labute approximate surface area is 86.9 Å². The molecule has 0 aliphatic carbocycles. The second-order valence-corrected chi connectivity index (χ2v) is 0. The molecule has 0 heterocycles. The standard InChI is InChI=1S/2ClH.Cu.K/h2*1H;;/q;;2*+1/p-2. The topological polar surface area (TPSA) is 0 Å². The van der Waals surface area contributed by atoms with Gasteiger partial charge in [0.2, 0.25) is 0 Å². The van der Waals surface area contributed by atoms with Crippen LogP contribution in [-0.2, 0) is 15.1 Å². The molecule has 0 spiro atoms. The predicted molar refractivity (Wildman–Crippen MR) is 5.85 cm³/mol. The molecule has 0 aliphatic rings. The van der Waals surface area contributed by atoms with Gasteiger partial charge < -0.3 is 12.4 Å². The predicted octanol–water partition coefficient (Wildman–Crippen LogP) is -5.30. The zero-order valence-corrected chi connectivity index (χ0v) is 7.63. The molecule has 0 aromatic carbocycles. The van der Waals surface area contributed by atoms with E-state index in [9.17, 15) is 0 Å². The fourth-order valence-electron chi connectivity index (χ4n) is 0. The van der Waals surface area contributed by atoms with E-state index < -0.39 is 0 Å². The molecule has 4 heavy (non-hydrogen) atoms. The molecule has 26 valence electrons. The average Bonchev–Trinajstić information content (AvgIpc) is 1.00. The van der Waals surface area contributed by atoms with Gasteiger partial charge in [-0.15, -0.1) is 0 Å². The number of hydrogen-bond donors (Lipinski definition) is 0. The fourth-order valence-corrected chi connectivity index (χ4v) is 0. The molecule has 0 aromatic rings. The summed E-state index contributed by atoms with van der Waals surface area (Å²) in [6.07, 6.45) is 0. The Hall–Kier alpha value is 2.74. The van der Waals surface area contributed by atoms with Crippen LogP contribution < -0.4 is 63.8 Å². The Balaban J connectivity index is -0.00000000500. The largest absolute Gasteiger partial charge is 1.00 e. The van der Waals surface area contributed by atoms with E-state index in [1.807, 2.05) is 0 Å². The van der Waals surface area contributed by atoms with Gasteiger partial charge in [-0.25, -0.2) is 0 Å². The van der Waals surface area contributed by atoms with Crippen molar-refractivity contribution in [2.24, 2.45) is 0 Å². The van der Waals surface area contributed by atoms with Gasteiger partial charge in [0.15, 0.2) is 0 Å². The zero-order chi connectivity index (χ0) is 2.00. The molecule has 0 saturated heterocycles. The number of rotatable bonds is 0. The summed E-state index contributed by atoms with van der Waals surface area (Å²) in [5.74, 6) is 0. The third-order valence-corrected chi connectivity index (χ3v) is 0. The van der Waals surface area contributed by atoms with Crippen molar-refractivity contribution < 1.29 is 78.9 Å². The summed E-state index contributed by atoms with van der Waals surface area (Å²) in [5.41, 5.74) is 0. The van der Waals surface area contributed by atoms with E-state index in [4.69, 9.17) is 0 Å². The van der Waals surface area contributed by atoms with Crippen LogP contribution in [0.15, 0.2) is 0 Å². The second kappa shape index (κ2) is 17.2. The molecule has 0 saturated carbocycles. The SMILES string of the molecule is [Cl-].[Cl][Cu].[K+]. The van der Waals surface area contributed by atoms with Crippen LogP contribution in [0.4, 0.5) is 0 Å². The maximum absolute atomic E-state index is 4.20. The van der Waals surface area contributed by atoms with Crippen molar-refractivity contribution in [1.29, 1.82) is 0 Å². The summed E-state index contributed by atoms with van der Waals surface area (Å²) in [4.78, 5) is 0. The molecule has 0 aromatic heterocycles. The minimum Gasteiger partial charge on any atom is 1.00 e. The Morgan fingerprint density at radius 3 is 1.25 bits per heavy atom. The van der Waals surface area contributed by atoms with E-state index in [1.54, 1.807) is 0 Å². The van der Waals surface area contributed by atoms with Crippen LogP contribution in [0.5, 0.6) is 0 Å². The van der Waals surface area contributed by atoms with Gasteiger partial charge in [-0.3, -0.25) is 0 Å². The molecular formula is Cl2CuK. The van der Waals surface area contributed by atoms with Crippen molar-refractivity contribution >= 4 is 10.1 Å². The van der Waals surface area contributed by atoms with Crippen LogP contribution in [0.3, 0.4) is 0 Å². The van der Waals surface area contributed by atoms with Crippen LogP contribution in [0.25, 0.3) is 0 Å². The summed E-state index contributed by atoms with van der Waals surface area (Å²) in [6, 6.07) is 0. The Kier molecular flexibility index (Phi) is 68.2. The molecule has 0 fully saturated rings. The first-order chi connectivity index (χ1) is 1.00. The van der Waals surface area contributed by atoms with Crippen molar-refractivity contribution in [3.05, 3.63) is 0 Å². The fraction of sp³-hybridized carbons (Fsp3) is 0. The van der Waals surface area contributed by atoms with Crippen molar-refractivity contribution in [2.45, 2.75) is 0 Å². The van der Waals surface area contributed by atoms with Crippen LogP contribution in [0.2, 0.25) is 0 Å². The molecule has 0 bridgehead atoms. The van der Waals surface area contributed by atoms with E-state index in [2.05, 4.69) is 25.2 Å². The van der Waals surface area contributed by atoms with Gasteiger partial charge >= 0.3 is 76.6 Å². The van der Waals surface area contributed by atoms with Crippen LogP contribution in [-0.4, -0.2) is 0 Å². The summed E-state index contributed by atoms with van der Waals surface area (Å²) in [5, 5.41) is 0. The third-order valence-electron chi connectivity index (χ3n) is 0. The van der Waals surface area contributed by atoms with Gasteiger partial charge in [-0.1, -0.05) is 0 Å². The molecule has 0 nitrogen and oxygen atoms in total.